The highest BCUT2D eigenvalue weighted by Crippen LogP contribution is 2.27. The summed E-state index contributed by atoms with van der Waals surface area (Å²) >= 11 is 0. The van der Waals surface area contributed by atoms with Crippen LogP contribution in [0.1, 0.15) is 51.7 Å². The number of amides is 1. The lowest BCUT2D eigenvalue weighted by Crippen LogP contribution is -2.27. The summed E-state index contributed by atoms with van der Waals surface area (Å²) in [6.45, 7) is 11.8. The molecule has 3 nitrogen and oxygen atoms in total. The van der Waals surface area contributed by atoms with Crippen LogP contribution in [0.4, 0.5) is 10.5 Å². The van der Waals surface area contributed by atoms with Crippen molar-refractivity contribution < 1.29 is 9.53 Å². The van der Waals surface area contributed by atoms with Gasteiger partial charge in [0.25, 0.3) is 0 Å². The van der Waals surface area contributed by atoms with Gasteiger partial charge in [0.15, 0.2) is 0 Å². The molecular weight excluding hydrogens is 226 g/mol. The number of rotatable bonds is 2. The highest BCUT2D eigenvalue weighted by Gasteiger charge is 2.18. The van der Waals surface area contributed by atoms with Crippen molar-refractivity contribution >= 4 is 11.8 Å². The van der Waals surface area contributed by atoms with Crippen LogP contribution < -0.4 is 5.32 Å². The number of carbonyl (C=O) groups excluding carboxylic acids is 1. The maximum Gasteiger partial charge on any atom is 0.412 e. The molecule has 18 heavy (non-hydrogen) atoms. The zero-order chi connectivity index (χ0) is 13.9. The van der Waals surface area contributed by atoms with Crippen LogP contribution in [0.15, 0.2) is 18.2 Å². The van der Waals surface area contributed by atoms with E-state index >= 15 is 0 Å². The lowest BCUT2D eigenvalue weighted by atomic mass is 9.98. The summed E-state index contributed by atoms with van der Waals surface area (Å²) in [6, 6.07) is 6.02. The molecule has 1 N–H and O–H groups in total. The van der Waals surface area contributed by atoms with E-state index in [1.165, 1.54) is 0 Å². The number of para-hydroxylation sites is 1. The molecule has 100 valence electrons. The predicted molar refractivity (Wildman–Crippen MR) is 75.1 cm³/mol. The molecular formula is C15H23NO2. The zero-order valence-corrected chi connectivity index (χ0v) is 12.1. The Hall–Kier alpha value is -1.51. The molecule has 0 unspecified atom stereocenters. The van der Waals surface area contributed by atoms with Crippen LogP contribution >= 0.6 is 0 Å². The van der Waals surface area contributed by atoms with Crippen LogP contribution in [0.25, 0.3) is 0 Å². The molecule has 0 heterocycles. The lowest BCUT2D eigenvalue weighted by Gasteiger charge is -2.22. The van der Waals surface area contributed by atoms with Gasteiger partial charge >= 0.3 is 6.09 Å². The molecule has 1 aromatic rings. The third-order valence-corrected chi connectivity index (χ3v) is 2.55. The fourth-order valence-corrected chi connectivity index (χ4v) is 1.75. The molecule has 0 aliphatic rings. The second-order valence-electron chi connectivity index (χ2n) is 5.82. The zero-order valence-electron chi connectivity index (χ0n) is 12.1. The number of hydrogen-bond acceptors (Lipinski definition) is 2. The summed E-state index contributed by atoms with van der Waals surface area (Å²) in [7, 11) is 0. The first-order valence-electron chi connectivity index (χ1n) is 6.30. The topological polar surface area (TPSA) is 38.3 Å². The van der Waals surface area contributed by atoms with Gasteiger partial charge in [0, 0.05) is 0 Å². The molecule has 0 radical (unpaired) electrons. The van der Waals surface area contributed by atoms with E-state index in [1.807, 2.05) is 45.9 Å². The SMILES string of the molecule is Cc1cccc(C(C)C)c1NC(=O)OC(C)(C)C. The molecule has 0 saturated carbocycles. The second kappa shape index (κ2) is 5.42. The molecule has 0 aliphatic carbocycles. The Morgan fingerprint density at radius 2 is 1.89 bits per heavy atom. The lowest BCUT2D eigenvalue weighted by molar-refractivity contribution is 0.0635. The van der Waals surface area contributed by atoms with E-state index < -0.39 is 11.7 Å². The van der Waals surface area contributed by atoms with Gasteiger partial charge in [-0.2, -0.15) is 0 Å². The Kier molecular flexibility index (Phi) is 4.38. The van der Waals surface area contributed by atoms with Crippen LogP contribution in [0.3, 0.4) is 0 Å². The molecule has 0 fully saturated rings. The van der Waals surface area contributed by atoms with Gasteiger partial charge in [-0.1, -0.05) is 32.0 Å². The molecule has 0 spiro atoms. The minimum Gasteiger partial charge on any atom is -0.444 e. The number of benzene rings is 1. The summed E-state index contributed by atoms with van der Waals surface area (Å²) in [6.07, 6.45) is -0.404. The molecule has 0 aliphatic heterocycles. The smallest absolute Gasteiger partial charge is 0.412 e. The second-order valence-corrected chi connectivity index (χ2v) is 5.82. The van der Waals surface area contributed by atoms with Crippen molar-refractivity contribution in [2.45, 2.75) is 53.1 Å². The molecule has 0 saturated heterocycles. The summed E-state index contributed by atoms with van der Waals surface area (Å²) in [4.78, 5) is 11.8. The van der Waals surface area contributed by atoms with E-state index in [1.54, 1.807) is 0 Å². The van der Waals surface area contributed by atoms with E-state index in [4.69, 9.17) is 4.74 Å². The number of anilines is 1. The highest BCUT2D eigenvalue weighted by molar-refractivity contribution is 5.87. The first kappa shape index (κ1) is 14.6. The number of aryl methyl sites for hydroxylation is 1. The third kappa shape index (κ3) is 4.06. The molecule has 0 bridgehead atoms. The Morgan fingerprint density at radius 1 is 1.28 bits per heavy atom. The van der Waals surface area contributed by atoms with Crippen molar-refractivity contribution in [3.63, 3.8) is 0 Å². The van der Waals surface area contributed by atoms with E-state index in [0.29, 0.717) is 5.92 Å². The van der Waals surface area contributed by atoms with Crippen molar-refractivity contribution in [2.75, 3.05) is 5.32 Å². The van der Waals surface area contributed by atoms with Crippen molar-refractivity contribution in [1.82, 2.24) is 0 Å². The van der Waals surface area contributed by atoms with Crippen LogP contribution in [0.2, 0.25) is 0 Å². The first-order chi connectivity index (χ1) is 8.20. The fourth-order valence-electron chi connectivity index (χ4n) is 1.75. The van der Waals surface area contributed by atoms with Crippen LogP contribution in [-0.4, -0.2) is 11.7 Å². The van der Waals surface area contributed by atoms with Gasteiger partial charge < -0.3 is 4.74 Å². The van der Waals surface area contributed by atoms with Crippen LogP contribution in [0.5, 0.6) is 0 Å². The monoisotopic (exact) mass is 249 g/mol. The average Bonchev–Trinajstić information content (AvgIpc) is 2.17. The Bertz CT molecular complexity index is 431. The largest absolute Gasteiger partial charge is 0.444 e. The van der Waals surface area contributed by atoms with Crippen molar-refractivity contribution in [1.29, 1.82) is 0 Å². The Morgan fingerprint density at radius 3 is 2.39 bits per heavy atom. The number of hydrogen-bond donors (Lipinski definition) is 1. The van der Waals surface area contributed by atoms with E-state index in [2.05, 4.69) is 19.2 Å². The Balaban J connectivity index is 2.93. The fraction of sp³-hybridized carbons (Fsp3) is 0.533. The maximum absolute atomic E-state index is 11.8. The van der Waals surface area contributed by atoms with Crippen molar-refractivity contribution in [3.05, 3.63) is 29.3 Å². The standard InChI is InChI=1S/C15H23NO2/c1-10(2)12-9-7-8-11(3)13(12)16-14(17)18-15(4,5)6/h7-10H,1-6H3,(H,16,17). The van der Waals surface area contributed by atoms with Gasteiger partial charge in [-0.25, -0.2) is 4.79 Å². The van der Waals surface area contributed by atoms with Gasteiger partial charge in [0.05, 0.1) is 5.69 Å². The summed E-state index contributed by atoms with van der Waals surface area (Å²) in [5.74, 6) is 0.356. The first-order valence-corrected chi connectivity index (χ1v) is 6.30. The molecule has 1 rings (SSSR count). The van der Waals surface area contributed by atoms with E-state index in [0.717, 1.165) is 16.8 Å². The summed E-state index contributed by atoms with van der Waals surface area (Å²) in [5.41, 5.74) is 2.56. The van der Waals surface area contributed by atoms with Crippen LogP contribution in [0, 0.1) is 6.92 Å². The predicted octanol–water partition coefficient (Wildman–Crippen LogP) is 4.47. The number of carbonyl (C=O) groups is 1. The van der Waals surface area contributed by atoms with Gasteiger partial charge in [0.1, 0.15) is 5.60 Å². The van der Waals surface area contributed by atoms with Crippen molar-refractivity contribution in [2.24, 2.45) is 0 Å². The minimum atomic E-state index is -0.481. The number of ether oxygens (including phenoxy) is 1. The van der Waals surface area contributed by atoms with Crippen LogP contribution in [-0.2, 0) is 4.74 Å². The summed E-state index contributed by atoms with van der Waals surface area (Å²) < 4.78 is 5.28. The highest BCUT2D eigenvalue weighted by atomic mass is 16.6. The summed E-state index contributed by atoms with van der Waals surface area (Å²) in [5, 5.41) is 2.86. The van der Waals surface area contributed by atoms with Gasteiger partial charge in [-0.05, 0) is 44.7 Å². The third-order valence-electron chi connectivity index (χ3n) is 2.55. The van der Waals surface area contributed by atoms with Gasteiger partial charge in [-0.15, -0.1) is 0 Å². The van der Waals surface area contributed by atoms with E-state index in [-0.39, 0.29) is 0 Å². The quantitative estimate of drug-likeness (QED) is 0.840. The number of nitrogens with one attached hydrogen (secondary N) is 1. The minimum absolute atomic E-state index is 0.356. The Labute approximate surface area is 110 Å². The molecule has 0 aromatic heterocycles. The normalized spacial score (nSPS) is 11.5. The maximum atomic E-state index is 11.8. The molecule has 3 heteroatoms. The van der Waals surface area contributed by atoms with Crippen molar-refractivity contribution in [3.8, 4) is 0 Å². The molecule has 1 amide bonds. The van der Waals surface area contributed by atoms with Gasteiger partial charge in [0.2, 0.25) is 0 Å². The van der Waals surface area contributed by atoms with Gasteiger partial charge in [-0.3, -0.25) is 5.32 Å². The molecule has 1 aromatic carbocycles. The average molecular weight is 249 g/mol. The van der Waals surface area contributed by atoms with E-state index in [9.17, 15) is 4.79 Å². The molecule has 0 atom stereocenters.